The largest absolute Gasteiger partial charge is 0.315 e. The highest BCUT2D eigenvalue weighted by atomic mass is 32.2. The summed E-state index contributed by atoms with van der Waals surface area (Å²) < 4.78 is 28.2. The number of aryl methyl sites for hydroxylation is 2. The van der Waals surface area contributed by atoms with Gasteiger partial charge in [0.25, 0.3) is 5.24 Å². The van der Waals surface area contributed by atoms with Gasteiger partial charge in [-0.25, -0.2) is 13.3 Å². The lowest BCUT2D eigenvalue weighted by atomic mass is 10.0. The van der Waals surface area contributed by atoms with Crippen molar-refractivity contribution < 1.29 is 22.9 Å². The zero-order valence-electron chi connectivity index (χ0n) is 16.9. The van der Waals surface area contributed by atoms with Gasteiger partial charge in [-0.05, 0) is 49.9 Å². The molecule has 0 bridgehead atoms. The van der Waals surface area contributed by atoms with Crippen LogP contribution in [0.3, 0.4) is 0 Å². The number of sulfonamides is 1. The molecule has 0 unspecified atom stereocenters. The summed E-state index contributed by atoms with van der Waals surface area (Å²) in [7, 11) is -3.58. The van der Waals surface area contributed by atoms with Gasteiger partial charge in [0.2, 0.25) is 15.9 Å². The highest BCUT2D eigenvalue weighted by molar-refractivity contribution is 8.13. The van der Waals surface area contributed by atoms with Gasteiger partial charge in [-0.1, -0.05) is 17.8 Å². The van der Waals surface area contributed by atoms with Crippen molar-refractivity contribution in [2.45, 2.75) is 39.0 Å². The van der Waals surface area contributed by atoms with Crippen molar-refractivity contribution in [3.8, 4) is 0 Å². The van der Waals surface area contributed by atoms with Crippen LogP contribution in [-0.4, -0.2) is 67.4 Å². The predicted octanol–water partition coefficient (Wildman–Crippen LogP) is 0.852. The van der Waals surface area contributed by atoms with E-state index in [2.05, 4.69) is 0 Å². The molecule has 2 heterocycles. The summed E-state index contributed by atoms with van der Waals surface area (Å²) in [5.41, 5.74) is 3.56. The summed E-state index contributed by atoms with van der Waals surface area (Å²) in [4.78, 5) is 26.8. The molecule has 0 aromatic heterocycles. The first-order chi connectivity index (χ1) is 13.1. The summed E-state index contributed by atoms with van der Waals surface area (Å²) in [6.07, 6.45) is 0.384. The van der Waals surface area contributed by atoms with E-state index in [-0.39, 0.29) is 11.1 Å². The van der Waals surface area contributed by atoms with E-state index >= 15 is 0 Å². The number of nitrogens with one attached hydrogen (secondary N) is 1. The number of hydrogen-bond donors (Lipinski definition) is 1. The smallest absolute Gasteiger partial charge is 0.292 e. The molecular formula is C19H28N3O4S2+. The number of quaternary nitrogens is 1. The molecule has 3 rings (SSSR count). The first-order valence-electron chi connectivity index (χ1n) is 9.51. The fourth-order valence-corrected chi connectivity index (χ4v) is 6.61. The molecule has 0 spiro atoms. The number of carbonyl (C=O) groups is 2. The van der Waals surface area contributed by atoms with Gasteiger partial charge in [0.1, 0.15) is 0 Å². The zero-order valence-corrected chi connectivity index (χ0v) is 18.5. The first kappa shape index (κ1) is 21.3. The van der Waals surface area contributed by atoms with Gasteiger partial charge in [0.15, 0.2) is 6.67 Å². The van der Waals surface area contributed by atoms with Gasteiger partial charge in [-0.2, -0.15) is 4.31 Å². The molecule has 0 radical (unpaired) electrons. The molecule has 2 amide bonds. The molecule has 2 fully saturated rings. The van der Waals surface area contributed by atoms with Crippen molar-refractivity contribution in [1.29, 1.82) is 0 Å². The third-order valence-corrected chi connectivity index (χ3v) is 8.82. The molecular weight excluding hydrogens is 398 g/mol. The highest BCUT2D eigenvalue weighted by Crippen LogP contribution is 2.28. The summed E-state index contributed by atoms with van der Waals surface area (Å²) >= 11 is 1.17. The van der Waals surface area contributed by atoms with Crippen molar-refractivity contribution in [3.05, 3.63) is 28.3 Å². The van der Waals surface area contributed by atoms with Crippen LogP contribution < -0.4 is 4.90 Å². The van der Waals surface area contributed by atoms with Crippen molar-refractivity contribution >= 4 is 32.9 Å². The molecule has 0 atom stereocenters. The Labute approximate surface area is 171 Å². The van der Waals surface area contributed by atoms with E-state index in [0.29, 0.717) is 49.9 Å². The number of thioether (sulfide) groups is 1. The van der Waals surface area contributed by atoms with Crippen LogP contribution in [0.25, 0.3) is 0 Å². The minimum atomic E-state index is -3.58. The second-order valence-corrected chi connectivity index (χ2v) is 10.5. The van der Waals surface area contributed by atoms with Crippen LogP contribution in [-0.2, 0) is 14.8 Å². The summed E-state index contributed by atoms with van der Waals surface area (Å²) in [6, 6.07) is 2.02. The van der Waals surface area contributed by atoms with Crippen LogP contribution in [0, 0.1) is 27.7 Å². The number of amides is 2. The lowest BCUT2D eigenvalue weighted by Crippen LogP contribution is -3.16. The number of nitrogens with zero attached hydrogens (tertiary/aromatic N) is 2. The van der Waals surface area contributed by atoms with E-state index < -0.39 is 10.0 Å². The van der Waals surface area contributed by atoms with E-state index in [0.717, 1.165) is 27.2 Å². The summed E-state index contributed by atoms with van der Waals surface area (Å²) in [5, 5.41) is -0.194. The maximum Gasteiger partial charge on any atom is 0.292 e. The second kappa shape index (κ2) is 8.14. The van der Waals surface area contributed by atoms with Crippen LogP contribution in [0.5, 0.6) is 0 Å². The molecule has 0 aliphatic carbocycles. The Morgan fingerprint density at radius 3 is 2.14 bits per heavy atom. The van der Waals surface area contributed by atoms with Gasteiger partial charge in [0.05, 0.1) is 31.1 Å². The molecule has 154 valence electrons. The fourth-order valence-electron chi connectivity index (χ4n) is 3.81. The quantitative estimate of drug-likeness (QED) is 0.772. The molecule has 28 heavy (non-hydrogen) atoms. The van der Waals surface area contributed by atoms with Crippen molar-refractivity contribution in [3.63, 3.8) is 0 Å². The predicted molar refractivity (Wildman–Crippen MR) is 109 cm³/mol. The Morgan fingerprint density at radius 1 is 1.04 bits per heavy atom. The number of benzene rings is 1. The van der Waals surface area contributed by atoms with Crippen LogP contribution in [0.1, 0.15) is 28.7 Å². The number of piperazine rings is 1. The molecule has 0 saturated carbocycles. The second-order valence-electron chi connectivity index (χ2n) is 7.59. The van der Waals surface area contributed by atoms with Gasteiger partial charge in [-0.3, -0.25) is 9.59 Å². The Morgan fingerprint density at radius 2 is 1.61 bits per heavy atom. The molecule has 1 aromatic carbocycles. The van der Waals surface area contributed by atoms with Crippen LogP contribution in [0.4, 0.5) is 4.79 Å². The molecule has 1 N–H and O–H groups in total. The average Bonchev–Trinajstić information content (AvgIpc) is 2.64. The number of carbonyl (C=O) groups excluding carboxylic acids is 2. The minimum absolute atomic E-state index is 0.132. The number of imide groups is 1. The summed E-state index contributed by atoms with van der Waals surface area (Å²) in [6.45, 7) is 9.83. The molecule has 9 heteroatoms. The minimum Gasteiger partial charge on any atom is -0.315 e. The van der Waals surface area contributed by atoms with E-state index in [9.17, 15) is 18.0 Å². The fraction of sp³-hybridized carbons (Fsp3) is 0.579. The van der Waals surface area contributed by atoms with Crippen molar-refractivity contribution in [1.82, 2.24) is 9.21 Å². The zero-order chi connectivity index (χ0) is 20.6. The van der Waals surface area contributed by atoms with Gasteiger partial charge in [0, 0.05) is 12.2 Å². The van der Waals surface area contributed by atoms with Crippen LogP contribution >= 0.6 is 11.8 Å². The lowest BCUT2D eigenvalue weighted by Gasteiger charge is -2.35. The maximum atomic E-state index is 13.3. The molecule has 2 saturated heterocycles. The lowest BCUT2D eigenvalue weighted by molar-refractivity contribution is -0.910. The topological polar surface area (TPSA) is 79.2 Å². The molecule has 2 aliphatic rings. The van der Waals surface area contributed by atoms with E-state index in [4.69, 9.17) is 0 Å². The molecule has 2 aliphatic heterocycles. The van der Waals surface area contributed by atoms with Crippen LogP contribution in [0.2, 0.25) is 0 Å². The Bertz CT molecular complexity index is 864. The normalized spacial score (nSPS) is 20.1. The number of hydrogen-bond acceptors (Lipinski definition) is 5. The van der Waals surface area contributed by atoms with Crippen molar-refractivity contribution in [2.75, 3.05) is 38.6 Å². The SMILES string of the molecule is Cc1cc(C)c(C)c(S(=O)(=O)N2CC[NH+](CN3C(=O)CCSC3=O)CC2)c1C. The Kier molecular flexibility index (Phi) is 6.19. The summed E-state index contributed by atoms with van der Waals surface area (Å²) in [5.74, 6) is 0.414. The highest BCUT2D eigenvalue weighted by Gasteiger charge is 2.36. The van der Waals surface area contributed by atoms with E-state index in [1.165, 1.54) is 16.7 Å². The van der Waals surface area contributed by atoms with Gasteiger partial charge in [-0.15, -0.1) is 0 Å². The Balaban J connectivity index is 1.73. The third-order valence-electron chi connectivity index (χ3n) is 5.77. The van der Waals surface area contributed by atoms with Crippen LogP contribution in [0.15, 0.2) is 11.0 Å². The van der Waals surface area contributed by atoms with E-state index in [1.807, 2.05) is 33.8 Å². The number of rotatable bonds is 4. The van der Waals surface area contributed by atoms with Gasteiger partial charge < -0.3 is 4.90 Å². The standard InChI is InChI=1S/C19H27N3O4S2/c1-13-11-14(2)16(4)18(15(13)3)28(25,26)21-8-6-20(7-9-21)12-22-17(23)5-10-27-19(22)24/h11H,5-10,12H2,1-4H3/p+1. The monoisotopic (exact) mass is 426 g/mol. The van der Waals surface area contributed by atoms with E-state index in [1.54, 1.807) is 4.31 Å². The molecule has 1 aromatic rings. The van der Waals surface area contributed by atoms with Crippen molar-refractivity contribution in [2.24, 2.45) is 0 Å². The van der Waals surface area contributed by atoms with Gasteiger partial charge >= 0.3 is 0 Å². The average molecular weight is 427 g/mol. The Hall–Kier alpha value is -1.42. The third kappa shape index (κ3) is 3.98. The maximum absolute atomic E-state index is 13.3. The first-order valence-corrected chi connectivity index (χ1v) is 11.9. The molecule has 7 nitrogen and oxygen atoms in total.